The van der Waals surface area contributed by atoms with E-state index in [1.54, 1.807) is 17.0 Å². The quantitative estimate of drug-likeness (QED) is 0.452. The van der Waals surface area contributed by atoms with Crippen LogP contribution in [0.2, 0.25) is 0 Å². The van der Waals surface area contributed by atoms with Crippen LogP contribution in [0.25, 0.3) is 10.8 Å². The Balaban J connectivity index is 1.71. The third kappa shape index (κ3) is 3.24. The highest BCUT2D eigenvalue weighted by Crippen LogP contribution is 2.41. The number of carbonyl (C=O) groups is 1. The first-order chi connectivity index (χ1) is 15.2. The molecule has 0 saturated carbocycles. The van der Waals surface area contributed by atoms with Gasteiger partial charge in [0.1, 0.15) is 6.17 Å². The number of para-hydroxylation sites is 1. The first-order valence-electron chi connectivity index (χ1n) is 10.3. The van der Waals surface area contributed by atoms with Gasteiger partial charge < -0.3 is 15.2 Å². The molecule has 1 atom stereocenters. The van der Waals surface area contributed by atoms with Gasteiger partial charge in [-0.25, -0.2) is 0 Å². The van der Waals surface area contributed by atoms with Gasteiger partial charge in [0.2, 0.25) is 0 Å². The van der Waals surface area contributed by atoms with E-state index in [1.807, 2.05) is 79.7 Å². The molecule has 1 heterocycles. The smallest absolute Gasteiger partial charge is 0.262 e. The van der Waals surface area contributed by atoms with E-state index in [9.17, 15) is 9.90 Å². The molecule has 2 N–H and O–H groups in total. The number of phenols is 1. The van der Waals surface area contributed by atoms with Crippen molar-refractivity contribution in [2.45, 2.75) is 13.1 Å². The Bertz CT molecular complexity index is 1280. The molecule has 1 amide bonds. The molecule has 5 heteroatoms. The van der Waals surface area contributed by atoms with Gasteiger partial charge in [0.15, 0.2) is 11.5 Å². The molecule has 4 aromatic rings. The van der Waals surface area contributed by atoms with Crippen molar-refractivity contribution in [2.24, 2.45) is 0 Å². The Morgan fingerprint density at radius 1 is 0.968 bits per heavy atom. The van der Waals surface area contributed by atoms with E-state index in [2.05, 4.69) is 5.32 Å². The van der Waals surface area contributed by atoms with Gasteiger partial charge in [-0.1, -0.05) is 54.6 Å². The fourth-order valence-electron chi connectivity index (χ4n) is 4.13. The van der Waals surface area contributed by atoms with E-state index in [0.29, 0.717) is 17.9 Å². The van der Waals surface area contributed by atoms with Crippen LogP contribution in [0.5, 0.6) is 11.5 Å². The average Bonchev–Trinajstić information content (AvgIpc) is 2.80. The number of phenolic OH excluding ortho intramolecular Hbond substituents is 1. The number of anilines is 2. The summed E-state index contributed by atoms with van der Waals surface area (Å²) in [7, 11) is 0. The summed E-state index contributed by atoms with van der Waals surface area (Å²) in [6.07, 6.45) is -0.465. The molecule has 5 rings (SSSR count). The van der Waals surface area contributed by atoms with Crippen LogP contribution in [0.15, 0.2) is 84.9 Å². The zero-order valence-electron chi connectivity index (χ0n) is 17.1. The molecule has 0 fully saturated rings. The summed E-state index contributed by atoms with van der Waals surface area (Å²) in [5, 5.41) is 15.7. The molecular formula is C26H22N2O3. The first-order valence-corrected chi connectivity index (χ1v) is 10.3. The molecule has 0 radical (unpaired) electrons. The molecule has 0 spiro atoms. The molecule has 1 aliphatic heterocycles. The predicted molar refractivity (Wildman–Crippen MR) is 123 cm³/mol. The Kier molecular flexibility index (Phi) is 4.71. The second-order valence-electron chi connectivity index (χ2n) is 7.43. The van der Waals surface area contributed by atoms with E-state index in [-0.39, 0.29) is 11.7 Å². The summed E-state index contributed by atoms with van der Waals surface area (Å²) in [4.78, 5) is 15.5. The van der Waals surface area contributed by atoms with Crippen LogP contribution in [-0.2, 0) is 0 Å². The Labute approximate surface area is 180 Å². The van der Waals surface area contributed by atoms with Crippen molar-refractivity contribution >= 4 is 28.1 Å². The van der Waals surface area contributed by atoms with Gasteiger partial charge >= 0.3 is 0 Å². The lowest BCUT2D eigenvalue weighted by atomic mass is 10.00. The first kappa shape index (κ1) is 19.0. The number of nitrogens with one attached hydrogen (secondary N) is 1. The highest BCUT2D eigenvalue weighted by molar-refractivity contribution is 6.15. The summed E-state index contributed by atoms with van der Waals surface area (Å²) in [6, 6.07) is 26.7. The molecule has 0 unspecified atom stereocenters. The molecular weight excluding hydrogens is 388 g/mol. The number of ether oxygens (including phenoxy) is 1. The van der Waals surface area contributed by atoms with E-state index in [4.69, 9.17) is 4.74 Å². The summed E-state index contributed by atoms with van der Waals surface area (Å²) in [5.74, 6) is 0.387. The van der Waals surface area contributed by atoms with Crippen molar-refractivity contribution in [2.75, 3.05) is 16.8 Å². The van der Waals surface area contributed by atoms with Gasteiger partial charge in [-0.15, -0.1) is 0 Å². The van der Waals surface area contributed by atoms with Gasteiger partial charge in [-0.05, 0) is 48.2 Å². The van der Waals surface area contributed by atoms with Crippen molar-refractivity contribution in [1.82, 2.24) is 0 Å². The number of rotatable bonds is 4. The van der Waals surface area contributed by atoms with Crippen molar-refractivity contribution < 1.29 is 14.6 Å². The highest BCUT2D eigenvalue weighted by Gasteiger charge is 2.35. The number of amides is 1. The Hall–Kier alpha value is -3.99. The number of carbonyl (C=O) groups excluding carboxylic acids is 1. The minimum absolute atomic E-state index is 0.0739. The second kappa shape index (κ2) is 7.69. The topological polar surface area (TPSA) is 61.8 Å². The lowest BCUT2D eigenvalue weighted by Crippen LogP contribution is -2.43. The monoisotopic (exact) mass is 410 g/mol. The Morgan fingerprint density at radius 2 is 1.74 bits per heavy atom. The highest BCUT2D eigenvalue weighted by atomic mass is 16.5. The molecule has 0 bridgehead atoms. The van der Waals surface area contributed by atoms with Gasteiger partial charge in [0.05, 0.1) is 17.9 Å². The fourth-order valence-corrected chi connectivity index (χ4v) is 4.13. The van der Waals surface area contributed by atoms with Crippen LogP contribution in [0.1, 0.15) is 29.0 Å². The number of fused-ring (bicyclic) bond motifs is 2. The van der Waals surface area contributed by atoms with Crippen molar-refractivity contribution in [3.05, 3.63) is 96.1 Å². The molecule has 1 aliphatic rings. The molecule has 31 heavy (non-hydrogen) atoms. The van der Waals surface area contributed by atoms with Crippen LogP contribution >= 0.6 is 0 Å². The van der Waals surface area contributed by atoms with E-state index in [1.165, 1.54) is 0 Å². The largest absolute Gasteiger partial charge is 0.504 e. The average molecular weight is 410 g/mol. The summed E-state index contributed by atoms with van der Waals surface area (Å²) in [6.45, 7) is 2.30. The minimum Gasteiger partial charge on any atom is -0.504 e. The van der Waals surface area contributed by atoms with Gasteiger partial charge in [-0.3, -0.25) is 9.69 Å². The van der Waals surface area contributed by atoms with Gasteiger partial charge in [-0.2, -0.15) is 0 Å². The zero-order valence-corrected chi connectivity index (χ0v) is 17.1. The van der Waals surface area contributed by atoms with Gasteiger partial charge in [0.25, 0.3) is 5.91 Å². The lowest BCUT2D eigenvalue weighted by molar-refractivity contribution is 0.0975. The van der Waals surface area contributed by atoms with Crippen LogP contribution in [0.3, 0.4) is 0 Å². The lowest BCUT2D eigenvalue weighted by Gasteiger charge is -2.38. The van der Waals surface area contributed by atoms with Crippen LogP contribution in [0, 0.1) is 0 Å². The maximum atomic E-state index is 13.7. The standard InChI is InChI=1S/C26H22N2O3/c1-2-31-24-16-18(14-15-23(24)29)25-27-21-12-6-5-11-20(21)26(30)28(25)22-13-7-9-17-8-3-4-10-19(17)22/h3-16,25,27,29H,2H2,1H3/t25-/m0/s1. The van der Waals surface area contributed by atoms with Crippen molar-refractivity contribution in [1.29, 1.82) is 0 Å². The molecule has 5 nitrogen and oxygen atoms in total. The SMILES string of the molecule is CCOc1cc([C@H]2Nc3ccccc3C(=O)N2c2cccc3ccccc23)ccc1O. The fraction of sp³-hybridized carbons (Fsp3) is 0.115. The normalized spacial score (nSPS) is 15.5. The number of benzene rings is 4. The van der Waals surface area contributed by atoms with Crippen molar-refractivity contribution in [3.63, 3.8) is 0 Å². The minimum atomic E-state index is -0.465. The summed E-state index contributed by atoms with van der Waals surface area (Å²) in [5.41, 5.74) is 3.04. The molecule has 0 aromatic heterocycles. The molecule has 0 saturated heterocycles. The summed E-state index contributed by atoms with van der Waals surface area (Å²) < 4.78 is 5.59. The third-order valence-electron chi connectivity index (χ3n) is 5.55. The maximum Gasteiger partial charge on any atom is 0.262 e. The Morgan fingerprint density at radius 3 is 2.61 bits per heavy atom. The van der Waals surface area contributed by atoms with E-state index < -0.39 is 6.17 Å². The maximum absolute atomic E-state index is 13.7. The third-order valence-corrected chi connectivity index (χ3v) is 5.55. The zero-order chi connectivity index (χ0) is 21.4. The summed E-state index contributed by atoms with van der Waals surface area (Å²) >= 11 is 0. The molecule has 0 aliphatic carbocycles. The van der Waals surface area contributed by atoms with Crippen LogP contribution in [0.4, 0.5) is 11.4 Å². The van der Waals surface area contributed by atoms with E-state index in [0.717, 1.165) is 27.7 Å². The van der Waals surface area contributed by atoms with E-state index >= 15 is 0 Å². The number of nitrogens with zero attached hydrogens (tertiary/aromatic N) is 1. The number of aromatic hydroxyl groups is 1. The van der Waals surface area contributed by atoms with Crippen LogP contribution < -0.4 is 15.0 Å². The number of hydrogen-bond donors (Lipinski definition) is 2. The van der Waals surface area contributed by atoms with Crippen molar-refractivity contribution in [3.8, 4) is 11.5 Å². The molecule has 4 aromatic carbocycles. The number of hydrogen-bond acceptors (Lipinski definition) is 4. The molecule has 154 valence electrons. The predicted octanol–water partition coefficient (Wildman–Crippen LogP) is 5.72. The van der Waals surface area contributed by atoms with Gasteiger partial charge in [0, 0.05) is 11.1 Å². The van der Waals surface area contributed by atoms with Crippen LogP contribution in [-0.4, -0.2) is 17.6 Å². The second-order valence-corrected chi connectivity index (χ2v) is 7.43.